The molecule has 0 spiro atoms. The number of hydrogen-bond acceptors (Lipinski definition) is 3. The maximum absolute atomic E-state index is 13.4. The molecular formula is C25H31Cl3N2OS2. The molecule has 1 fully saturated rings. The molecule has 1 saturated heterocycles. The molecule has 0 amide bonds. The van der Waals surface area contributed by atoms with Crippen LogP contribution >= 0.6 is 46.6 Å². The number of halogens is 3. The lowest BCUT2D eigenvalue weighted by atomic mass is 9.99. The van der Waals surface area contributed by atoms with Crippen LogP contribution in [0.4, 0.5) is 5.69 Å². The van der Waals surface area contributed by atoms with Crippen LogP contribution in [-0.4, -0.2) is 47.3 Å². The van der Waals surface area contributed by atoms with Gasteiger partial charge in [0.05, 0.1) is 15.6 Å². The number of benzene rings is 2. The molecule has 3 nitrogen and oxygen atoms in total. The van der Waals surface area contributed by atoms with Crippen molar-refractivity contribution in [2.24, 2.45) is 5.92 Å². The lowest BCUT2D eigenvalue weighted by Gasteiger charge is -2.32. The van der Waals surface area contributed by atoms with Gasteiger partial charge in [0.25, 0.3) is 0 Å². The maximum atomic E-state index is 13.4. The van der Waals surface area contributed by atoms with Crippen molar-refractivity contribution >= 4 is 63.2 Å². The monoisotopic (exact) mass is 544 g/mol. The van der Waals surface area contributed by atoms with E-state index in [1.807, 2.05) is 16.1 Å². The molecule has 0 bridgehead atoms. The summed E-state index contributed by atoms with van der Waals surface area (Å²) < 4.78 is 15.2. The summed E-state index contributed by atoms with van der Waals surface area (Å²) in [6, 6.07) is 12.4. The van der Waals surface area contributed by atoms with Crippen molar-refractivity contribution in [1.82, 2.24) is 4.90 Å². The quantitative estimate of drug-likeness (QED) is 0.231. The minimum atomic E-state index is -1.40. The lowest BCUT2D eigenvalue weighted by molar-refractivity contribution is 0.192. The van der Waals surface area contributed by atoms with Crippen LogP contribution in [0.5, 0.6) is 0 Å². The van der Waals surface area contributed by atoms with Gasteiger partial charge in [0.1, 0.15) is 0 Å². The molecule has 0 aromatic heterocycles. The number of likely N-dealkylation sites (tertiary alicyclic amines) is 1. The van der Waals surface area contributed by atoms with Crippen LogP contribution in [0.1, 0.15) is 25.7 Å². The van der Waals surface area contributed by atoms with Gasteiger partial charge in [-0.2, -0.15) is 11.8 Å². The van der Waals surface area contributed by atoms with E-state index in [-0.39, 0.29) is 0 Å². The van der Waals surface area contributed by atoms with Gasteiger partial charge in [0, 0.05) is 16.6 Å². The standard InChI is InChI=1S/C23H29Cl3N2OS2.C2H2/c1-30-17-18-10-14-27(15-11-18)12-2-3-13-28(23-16-20(25)6-9-22(23)26)31(29)21-7-4-19(24)5-8-21;1-2/h4-9,16,18H,2-3,10-15,17H2,1H3;1-2H. The van der Waals surface area contributed by atoms with Gasteiger partial charge in [-0.3, -0.25) is 4.31 Å². The third-order valence-corrected chi connectivity index (χ3v) is 8.65. The van der Waals surface area contributed by atoms with Crippen molar-refractivity contribution in [2.75, 3.05) is 42.5 Å². The maximum Gasteiger partial charge on any atom is 0.152 e. The zero-order chi connectivity index (χ0) is 24.2. The van der Waals surface area contributed by atoms with Gasteiger partial charge < -0.3 is 4.90 Å². The highest BCUT2D eigenvalue weighted by Gasteiger charge is 2.21. The molecule has 1 atom stereocenters. The summed E-state index contributed by atoms with van der Waals surface area (Å²) in [5, 5.41) is 1.74. The van der Waals surface area contributed by atoms with Crippen LogP contribution < -0.4 is 4.31 Å². The predicted molar refractivity (Wildman–Crippen MR) is 148 cm³/mol. The molecule has 33 heavy (non-hydrogen) atoms. The predicted octanol–water partition coefficient (Wildman–Crippen LogP) is 7.28. The fourth-order valence-corrected chi connectivity index (χ4v) is 6.47. The minimum Gasteiger partial charge on any atom is -0.303 e. The molecule has 1 heterocycles. The topological polar surface area (TPSA) is 23.6 Å². The number of anilines is 1. The number of rotatable bonds is 10. The fraction of sp³-hybridized carbons (Fsp3) is 0.440. The summed E-state index contributed by atoms with van der Waals surface area (Å²) in [4.78, 5) is 3.25. The van der Waals surface area contributed by atoms with Crippen molar-refractivity contribution < 1.29 is 4.21 Å². The third-order valence-electron chi connectivity index (χ3n) is 5.59. The van der Waals surface area contributed by atoms with Gasteiger partial charge in [-0.05, 0) is 106 Å². The van der Waals surface area contributed by atoms with Crippen molar-refractivity contribution in [3.63, 3.8) is 0 Å². The molecule has 0 saturated carbocycles. The second kappa shape index (κ2) is 15.2. The van der Waals surface area contributed by atoms with Gasteiger partial charge >= 0.3 is 0 Å². The SMILES string of the molecule is C#C.CSCC1CCN(CCCCN(c2cc(Cl)ccc2Cl)S(=O)c2ccc(Cl)cc2)CC1. The summed E-state index contributed by atoms with van der Waals surface area (Å²) in [6.07, 6.45) is 14.8. The number of hydrogen-bond donors (Lipinski definition) is 0. The average Bonchev–Trinajstić information content (AvgIpc) is 2.83. The zero-order valence-corrected chi connectivity index (χ0v) is 22.8. The number of thioether (sulfide) groups is 1. The number of piperidine rings is 1. The Bertz CT molecular complexity index is 900. The summed E-state index contributed by atoms with van der Waals surface area (Å²) >= 11 is 20.6. The Morgan fingerprint density at radius 1 is 1.03 bits per heavy atom. The van der Waals surface area contributed by atoms with Gasteiger partial charge in [-0.25, -0.2) is 4.21 Å². The van der Waals surface area contributed by atoms with E-state index in [9.17, 15) is 4.21 Å². The summed E-state index contributed by atoms with van der Waals surface area (Å²) in [5.74, 6) is 2.15. The van der Waals surface area contributed by atoms with Crippen LogP contribution in [0.2, 0.25) is 15.1 Å². The lowest BCUT2D eigenvalue weighted by Crippen LogP contribution is -2.35. The number of terminal acetylenes is 1. The molecule has 2 aromatic carbocycles. The Labute approximate surface area is 220 Å². The summed E-state index contributed by atoms with van der Waals surface area (Å²) in [5.41, 5.74) is 0.695. The molecule has 1 aliphatic heterocycles. The first-order valence-electron chi connectivity index (χ1n) is 10.9. The van der Waals surface area contributed by atoms with Crippen molar-refractivity contribution in [3.05, 3.63) is 57.5 Å². The molecular weight excluding hydrogens is 515 g/mol. The highest BCUT2D eigenvalue weighted by atomic mass is 35.5. The van der Waals surface area contributed by atoms with Crippen molar-refractivity contribution in [3.8, 4) is 12.8 Å². The Balaban J connectivity index is 0.00000187. The second-order valence-corrected chi connectivity index (χ2v) is 11.4. The summed E-state index contributed by atoms with van der Waals surface area (Å²) in [7, 11) is -1.40. The van der Waals surface area contributed by atoms with E-state index in [0.717, 1.165) is 25.3 Å². The van der Waals surface area contributed by atoms with Crippen LogP contribution in [0.3, 0.4) is 0 Å². The third kappa shape index (κ3) is 9.02. The Hall–Kier alpha value is -0.870. The molecule has 180 valence electrons. The highest BCUT2D eigenvalue weighted by Crippen LogP contribution is 2.32. The van der Waals surface area contributed by atoms with Gasteiger partial charge in [0.2, 0.25) is 0 Å². The largest absolute Gasteiger partial charge is 0.303 e. The van der Waals surface area contributed by atoms with E-state index in [0.29, 0.717) is 32.2 Å². The molecule has 0 N–H and O–H groups in total. The van der Waals surface area contributed by atoms with Crippen molar-refractivity contribution in [2.45, 2.75) is 30.6 Å². The first-order chi connectivity index (χ1) is 16.0. The van der Waals surface area contributed by atoms with Crippen molar-refractivity contribution in [1.29, 1.82) is 0 Å². The van der Waals surface area contributed by atoms with Crippen LogP contribution in [0.25, 0.3) is 0 Å². The summed E-state index contributed by atoms with van der Waals surface area (Å²) in [6.45, 7) is 4.09. The Morgan fingerprint density at radius 3 is 2.30 bits per heavy atom. The van der Waals surface area contributed by atoms with E-state index in [1.165, 1.54) is 31.7 Å². The molecule has 1 aliphatic rings. The first-order valence-corrected chi connectivity index (χ1v) is 14.6. The van der Waals surface area contributed by atoms with Crippen LogP contribution in [-0.2, 0) is 11.0 Å². The molecule has 2 aromatic rings. The van der Waals surface area contributed by atoms with E-state index >= 15 is 0 Å². The fourth-order valence-electron chi connectivity index (χ4n) is 3.85. The van der Waals surface area contributed by atoms with Gasteiger partial charge in [0.15, 0.2) is 11.0 Å². The Morgan fingerprint density at radius 2 is 1.67 bits per heavy atom. The molecule has 1 unspecified atom stereocenters. The van der Waals surface area contributed by atoms with E-state index in [2.05, 4.69) is 24.0 Å². The van der Waals surface area contributed by atoms with E-state index in [4.69, 9.17) is 34.8 Å². The highest BCUT2D eigenvalue weighted by molar-refractivity contribution is 7.98. The Kier molecular flexibility index (Phi) is 13.1. The number of unbranched alkanes of at least 4 members (excludes halogenated alkanes) is 1. The molecule has 3 rings (SSSR count). The van der Waals surface area contributed by atoms with Crippen LogP contribution in [0.15, 0.2) is 47.4 Å². The zero-order valence-electron chi connectivity index (χ0n) is 18.9. The average molecular weight is 546 g/mol. The molecule has 0 aliphatic carbocycles. The molecule has 0 radical (unpaired) electrons. The normalized spacial score (nSPS) is 15.5. The van der Waals surface area contributed by atoms with E-state index < -0.39 is 11.0 Å². The smallest absolute Gasteiger partial charge is 0.152 e. The van der Waals surface area contributed by atoms with Gasteiger partial charge in [-0.1, -0.05) is 34.8 Å². The molecule has 8 heteroatoms. The number of nitrogens with zero attached hydrogens (tertiary/aromatic N) is 2. The van der Waals surface area contributed by atoms with E-state index in [1.54, 1.807) is 42.5 Å². The van der Waals surface area contributed by atoms with Crippen LogP contribution in [0, 0.1) is 18.8 Å². The second-order valence-electron chi connectivity index (χ2n) is 7.85. The van der Waals surface area contributed by atoms with Gasteiger partial charge in [-0.15, -0.1) is 12.8 Å². The minimum absolute atomic E-state index is 0.544. The first kappa shape index (κ1) is 28.4.